The summed E-state index contributed by atoms with van der Waals surface area (Å²) >= 11 is 0. The molecule has 3 amide bonds. The van der Waals surface area contributed by atoms with E-state index in [0.29, 0.717) is 29.8 Å². The Balaban J connectivity index is 1.28. The first kappa shape index (κ1) is 22.1. The van der Waals surface area contributed by atoms with Crippen molar-refractivity contribution in [3.8, 4) is 5.75 Å². The van der Waals surface area contributed by atoms with Crippen molar-refractivity contribution in [3.05, 3.63) is 65.7 Å². The molecular formula is C27H26N2O5. The van der Waals surface area contributed by atoms with Gasteiger partial charge in [-0.1, -0.05) is 29.8 Å². The van der Waals surface area contributed by atoms with Crippen molar-refractivity contribution in [2.45, 2.75) is 33.1 Å². The molecule has 7 nitrogen and oxygen atoms in total. The standard InChI is InChI=1S/C27H26N2O5/c1-16-7-9-19(10-8-16)28-15-18(14-24(28)30)27(33)34-20-11-12-23(17(2)13-20)29-25(31)21-5-3-4-6-22(21)26(29)32/h3-4,7-13,18,21-22H,5-6,14-15H2,1-2H3. The molecule has 3 atom stereocenters. The van der Waals surface area contributed by atoms with Gasteiger partial charge in [0.1, 0.15) is 5.75 Å². The molecule has 7 heteroatoms. The molecule has 0 saturated carbocycles. The molecule has 0 bridgehead atoms. The zero-order valence-electron chi connectivity index (χ0n) is 19.2. The van der Waals surface area contributed by atoms with E-state index in [1.165, 1.54) is 4.90 Å². The molecule has 0 radical (unpaired) electrons. The van der Waals surface area contributed by atoms with Gasteiger partial charge in [0.2, 0.25) is 17.7 Å². The van der Waals surface area contributed by atoms with Crippen LogP contribution in [0.1, 0.15) is 30.4 Å². The number of esters is 1. The Hall–Kier alpha value is -3.74. The molecular weight excluding hydrogens is 432 g/mol. The first-order chi connectivity index (χ1) is 16.3. The molecule has 2 heterocycles. The number of hydrogen-bond acceptors (Lipinski definition) is 5. The van der Waals surface area contributed by atoms with Crippen molar-refractivity contribution in [3.63, 3.8) is 0 Å². The minimum absolute atomic E-state index is 0.0946. The predicted octanol–water partition coefficient (Wildman–Crippen LogP) is 3.72. The quantitative estimate of drug-likeness (QED) is 0.302. The van der Waals surface area contributed by atoms with Gasteiger partial charge in [0.05, 0.1) is 23.4 Å². The molecule has 0 spiro atoms. The van der Waals surface area contributed by atoms with Gasteiger partial charge in [0.25, 0.3) is 0 Å². The van der Waals surface area contributed by atoms with Crippen LogP contribution in [0, 0.1) is 31.6 Å². The lowest BCUT2D eigenvalue weighted by Crippen LogP contribution is -2.31. The highest BCUT2D eigenvalue weighted by Crippen LogP contribution is 2.39. The maximum atomic E-state index is 12.9. The van der Waals surface area contributed by atoms with Gasteiger partial charge in [0, 0.05) is 18.7 Å². The molecule has 5 rings (SSSR count). The highest BCUT2D eigenvalue weighted by Gasteiger charge is 2.48. The predicted molar refractivity (Wildman–Crippen MR) is 126 cm³/mol. The number of aryl methyl sites for hydroxylation is 2. The average Bonchev–Trinajstić information content (AvgIpc) is 3.33. The first-order valence-corrected chi connectivity index (χ1v) is 11.6. The van der Waals surface area contributed by atoms with Crippen LogP contribution in [-0.2, 0) is 19.2 Å². The number of carbonyl (C=O) groups is 4. The van der Waals surface area contributed by atoms with E-state index in [1.807, 2.05) is 43.3 Å². The summed E-state index contributed by atoms with van der Waals surface area (Å²) in [5, 5.41) is 0. The molecule has 2 aliphatic heterocycles. The van der Waals surface area contributed by atoms with Crippen molar-refractivity contribution < 1.29 is 23.9 Å². The SMILES string of the molecule is Cc1ccc(N2CC(C(=O)Oc3ccc(N4C(=O)C5CC=CCC5C4=O)c(C)c3)CC2=O)cc1. The number of hydrogen-bond donors (Lipinski definition) is 0. The van der Waals surface area contributed by atoms with E-state index in [2.05, 4.69) is 0 Å². The molecule has 2 fully saturated rings. The summed E-state index contributed by atoms with van der Waals surface area (Å²) in [7, 11) is 0. The molecule has 2 saturated heterocycles. The van der Waals surface area contributed by atoms with E-state index in [0.717, 1.165) is 11.3 Å². The number of allylic oxidation sites excluding steroid dienone is 2. The number of benzene rings is 2. The van der Waals surface area contributed by atoms with Crippen LogP contribution in [0.15, 0.2) is 54.6 Å². The zero-order valence-corrected chi connectivity index (χ0v) is 19.2. The molecule has 174 valence electrons. The van der Waals surface area contributed by atoms with Gasteiger partial charge in [-0.3, -0.25) is 19.2 Å². The molecule has 3 unspecified atom stereocenters. The number of amides is 3. The van der Waals surface area contributed by atoms with E-state index in [1.54, 1.807) is 30.0 Å². The summed E-state index contributed by atoms with van der Waals surface area (Å²) in [4.78, 5) is 53.9. The topological polar surface area (TPSA) is 84.0 Å². The van der Waals surface area contributed by atoms with Gasteiger partial charge in [-0.05, 0) is 62.6 Å². The fourth-order valence-electron chi connectivity index (χ4n) is 5.02. The van der Waals surface area contributed by atoms with Crippen LogP contribution in [0.4, 0.5) is 11.4 Å². The second-order valence-electron chi connectivity index (χ2n) is 9.28. The Kier molecular flexibility index (Phi) is 5.55. The fraction of sp³-hybridized carbons (Fsp3) is 0.333. The van der Waals surface area contributed by atoms with Crippen LogP contribution in [0.5, 0.6) is 5.75 Å². The van der Waals surface area contributed by atoms with E-state index < -0.39 is 11.9 Å². The van der Waals surface area contributed by atoms with E-state index in [-0.39, 0.29) is 42.5 Å². The summed E-state index contributed by atoms with van der Waals surface area (Å²) in [6, 6.07) is 12.5. The van der Waals surface area contributed by atoms with Crippen molar-refractivity contribution in [1.29, 1.82) is 0 Å². The Labute approximate surface area is 198 Å². The summed E-state index contributed by atoms with van der Waals surface area (Å²) in [5.41, 5.74) is 3.05. The van der Waals surface area contributed by atoms with E-state index in [4.69, 9.17) is 4.74 Å². The third-order valence-electron chi connectivity index (χ3n) is 6.94. The average molecular weight is 459 g/mol. The van der Waals surface area contributed by atoms with Crippen molar-refractivity contribution in [2.75, 3.05) is 16.3 Å². The summed E-state index contributed by atoms with van der Waals surface area (Å²) < 4.78 is 5.58. The Bertz CT molecular complexity index is 1190. The number of rotatable bonds is 4. The third-order valence-corrected chi connectivity index (χ3v) is 6.94. The minimum Gasteiger partial charge on any atom is -0.426 e. The van der Waals surface area contributed by atoms with E-state index in [9.17, 15) is 19.2 Å². The number of carbonyl (C=O) groups excluding carboxylic acids is 4. The smallest absolute Gasteiger partial charge is 0.316 e. The maximum absolute atomic E-state index is 12.9. The van der Waals surface area contributed by atoms with Crippen LogP contribution in [0.25, 0.3) is 0 Å². The molecule has 0 aromatic heterocycles. The first-order valence-electron chi connectivity index (χ1n) is 11.6. The summed E-state index contributed by atoms with van der Waals surface area (Å²) in [6.45, 7) is 4.03. The summed E-state index contributed by atoms with van der Waals surface area (Å²) in [5.74, 6) is -1.77. The third kappa shape index (κ3) is 3.81. The lowest BCUT2D eigenvalue weighted by molar-refractivity contribution is -0.139. The second-order valence-corrected chi connectivity index (χ2v) is 9.28. The van der Waals surface area contributed by atoms with Crippen LogP contribution in [-0.4, -0.2) is 30.2 Å². The molecule has 2 aromatic rings. The number of anilines is 2. The minimum atomic E-state index is -0.564. The van der Waals surface area contributed by atoms with Gasteiger partial charge < -0.3 is 9.64 Å². The monoisotopic (exact) mass is 458 g/mol. The fourth-order valence-corrected chi connectivity index (χ4v) is 5.02. The highest BCUT2D eigenvalue weighted by molar-refractivity contribution is 6.22. The van der Waals surface area contributed by atoms with Gasteiger partial charge in [0.15, 0.2) is 0 Å². The van der Waals surface area contributed by atoms with Gasteiger partial charge in [-0.25, -0.2) is 4.90 Å². The summed E-state index contributed by atoms with van der Waals surface area (Å²) in [6.07, 6.45) is 5.18. The van der Waals surface area contributed by atoms with Crippen LogP contribution in [0.2, 0.25) is 0 Å². The number of ether oxygens (including phenoxy) is 1. The lowest BCUT2D eigenvalue weighted by atomic mass is 9.85. The van der Waals surface area contributed by atoms with Gasteiger partial charge in [-0.15, -0.1) is 0 Å². The van der Waals surface area contributed by atoms with Crippen LogP contribution < -0.4 is 14.5 Å². The van der Waals surface area contributed by atoms with Gasteiger partial charge in [-0.2, -0.15) is 0 Å². The normalized spacial score (nSPS) is 24.1. The van der Waals surface area contributed by atoms with E-state index >= 15 is 0 Å². The molecule has 2 aromatic carbocycles. The number of fused-ring (bicyclic) bond motifs is 1. The lowest BCUT2D eigenvalue weighted by Gasteiger charge is -2.19. The Morgan fingerprint density at radius 2 is 1.56 bits per heavy atom. The molecule has 0 N–H and O–H groups in total. The van der Waals surface area contributed by atoms with Crippen molar-refractivity contribution >= 4 is 35.1 Å². The van der Waals surface area contributed by atoms with Crippen molar-refractivity contribution in [2.24, 2.45) is 17.8 Å². The maximum Gasteiger partial charge on any atom is 0.316 e. The molecule has 34 heavy (non-hydrogen) atoms. The molecule has 1 aliphatic carbocycles. The molecule has 3 aliphatic rings. The van der Waals surface area contributed by atoms with Crippen LogP contribution >= 0.6 is 0 Å². The highest BCUT2D eigenvalue weighted by atomic mass is 16.5. The Morgan fingerprint density at radius 3 is 2.18 bits per heavy atom. The Morgan fingerprint density at radius 1 is 0.912 bits per heavy atom. The zero-order chi connectivity index (χ0) is 24.0. The van der Waals surface area contributed by atoms with Crippen LogP contribution in [0.3, 0.4) is 0 Å². The van der Waals surface area contributed by atoms with Crippen molar-refractivity contribution in [1.82, 2.24) is 0 Å². The van der Waals surface area contributed by atoms with Gasteiger partial charge >= 0.3 is 5.97 Å². The number of imide groups is 1. The number of nitrogens with zero attached hydrogens (tertiary/aromatic N) is 2. The largest absolute Gasteiger partial charge is 0.426 e. The second kappa shape index (κ2) is 8.56.